The van der Waals surface area contributed by atoms with Gasteiger partial charge in [-0.25, -0.2) is 4.79 Å². The molecule has 0 aliphatic rings. The molecule has 3 N–H and O–H groups in total. The van der Waals surface area contributed by atoms with Crippen LogP contribution in [0.4, 0.5) is 0 Å². The fraction of sp³-hybridized carbons (Fsp3) is 0.214. The third-order valence-corrected chi connectivity index (χ3v) is 2.40. The Balaban J connectivity index is 2.30. The molecule has 0 unspecified atom stereocenters. The highest BCUT2D eigenvalue weighted by atomic mass is 16.5. The number of aryl methyl sites for hydroxylation is 1. The van der Waals surface area contributed by atoms with Gasteiger partial charge in [0.1, 0.15) is 5.75 Å². The van der Waals surface area contributed by atoms with Crippen molar-refractivity contribution in [2.75, 3.05) is 6.61 Å². The minimum absolute atomic E-state index is 0.269. The Kier molecular flexibility index (Phi) is 6.46. The fourth-order valence-corrected chi connectivity index (χ4v) is 1.33. The van der Waals surface area contributed by atoms with E-state index >= 15 is 0 Å². The number of hydrogen-bond acceptors (Lipinski definition) is 4. The Labute approximate surface area is 121 Å². The predicted molar refractivity (Wildman–Crippen MR) is 74.4 cm³/mol. The lowest BCUT2D eigenvalue weighted by molar-refractivity contribution is -0.131. The number of ether oxygens (including phenoxy) is 1. The van der Waals surface area contributed by atoms with Crippen molar-refractivity contribution in [2.24, 2.45) is 0 Å². The van der Waals surface area contributed by atoms with E-state index in [9.17, 15) is 14.4 Å². The van der Waals surface area contributed by atoms with E-state index in [1.165, 1.54) is 0 Å². The maximum absolute atomic E-state index is 11.4. The van der Waals surface area contributed by atoms with Crippen LogP contribution in [0.25, 0.3) is 0 Å². The van der Waals surface area contributed by atoms with Gasteiger partial charge in [-0.15, -0.1) is 0 Å². The van der Waals surface area contributed by atoms with Crippen molar-refractivity contribution >= 4 is 17.8 Å². The van der Waals surface area contributed by atoms with E-state index < -0.39 is 17.8 Å². The summed E-state index contributed by atoms with van der Waals surface area (Å²) in [6.45, 7) is 1.76. The van der Waals surface area contributed by atoms with Crippen molar-refractivity contribution in [1.82, 2.24) is 10.9 Å². The number of hydrazine groups is 1. The van der Waals surface area contributed by atoms with Crippen LogP contribution in [0.15, 0.2) is 36.4 Å². The van der Waals surface area contributed by atoms with Crippen LogP contribution in [-0.4, -0.2) is 29.5 Å². The highest BCUT2D eigenvalue weighted by Gasteiger charge is 2.04. The van der Waals surface area contributed by atoms with E-state index in [-0.39, 0.29) is 6.61 Å². The molecule has 1 rings (SSSR count). The second-order valence-corrected chi connectivity index (χ2v) is 4.00. The number of carbonyl (C=O) groups is 3. The molecule has 0 saturated heterocycles. The average Bonchev–Trinajstić information content (AvgIpc) is 2.49. The standard InChI is InChI=1S/C14H16N2O5/c1-2-10-3-5-11(6-4-10)21-9-13(18)16-15-12(17)7-8-14(19)20/h3-8H,2,9H2,1H3,(H,15,17)(H,16,18)(H,19,20)/b8-7+. The van der Waals surface area contributed by atoms with Crippen LogP contribution in [-0.2, 0) is 20.8 Å². The largest absolute Gasteiger partial charge is 0.484 e. The molecule has 0 aromatic heterocycles. The molecule has 7 heteroatoms. The molecule has 1 aromatic rings. The molecule has 1 aromatic carbocycles. The van der Waals surface area contributed by atoms with Gasteiger partial charge >= 0.3 is 5.97 Å². The average molecular weight is 292 g/mol. The van der Waals surface area contributed by atoms with E-state index in [0.717, 1.165) is 18.1 Å². The van der Waals surface area contributed by atoms with Crippen molar-refractivity contribution < 1.29 is 24.2 Å². The zero-order chi connectivity index (χ0) is 15.7. The summed E-state index contributed by atoms with van der Waals surface area (Å²) in [4.78, 5) is 32.6. The van der Waals surface area contributed by atoms with Gasteiger partial charge in [0.05, 0.1) is 0 Å². The van der Waals surface area contributed by atoms with Crippen LogP contribution in [0, 0.1) is 0 Å². The zero-order valence-corrected chi connectivity index (χ0v) is 11.5. The fourth-order valence-electron chi connectivity index (χ4n) is 1.33. The number of carboxylic acids is 1. The van der Waals surface area contributed by atoms with Gasteiger partial charge in [-0.3, -0.25) is 20.4 Å². The Morgan fingerprint density at radius 3 is 2.38 bits per heavy atom. The van der Waals surface area contributed by atoms with Crippen LogP contribution in [0.1, 0.15) is 12.5 Å². The summed E-state index contributed by atoms with van der Waals surface area (Å²) in [5.41, 5.74) is 5.27. The first kappa shape index (κ1) is 16.2. The van der Waals surface area contributed by atoms with Crippen LogP contribution >= 0.6 is 0 Å². The van der Waals surface area contributed by atoms with Gasteiger partial charge < -0.3 is 9.84 Å². The summed E-state index contributed by atoms with van der Waals surface area (Å²) in [5, 5.41) is 8.31. The lowest BCUT2D eigenvalue weighted by Gasteiger charge is -2.08. The monoisotopic (exact) mass is 292 g/mol. The summed E-state index contributed by atoms with van der Waals surface area (Å²) in [6.07, 6.45) is 2.36. The van der Waals surface area contributed by atoms with Crippen LogP contribution in [0.2, 0.25) is 0 Å². The molecule has 0 spiro atoms. The van der Waals surface area contributed by atoms with Gasteiger partial charge in [0, 0.05) is 12.2 Å². The molecule has 21 heavy (non-hydrogen) atoms. The SMILES string of the molecule is CCc1ccc(OCC(=O)NNC(=O)/C=C/C(=O)O)cc1. The molecular weight excluding hydrogens is 276 g/mol. The first-order valence-corrected chi connectivity index (χ1v) is 6.23. The molecule has 0 aliphatic carbocycles. The summed E-state index contributed by atoms with van der Waals surface area (Å²) >= 11 is 0. The van der Waals surface area contributed by atoms with Gasteiger partial charge in [-0.2, -0.15) is 0 Å². The number of amides is 2. The number of nitrogens with one attached hydrogen (secondary N) is 2. The molecule has 2 amide bonds. The quantitative estimate of drug-likeness (QED) is 0.520. The van der Waals surface area contributed by atoms with Crippen LogP contribution in [0.5, 0.6) is 5.75 Å². The van der Waals surface area contributed by atoms with E-state index in [1.54, 1.807) is 12.1 Å². The second kappa shape index (κ2) is 8.36. The topological polar surface area (TPSA) is 105 Å². The summed E-state index contributed by atoms with van der Waals surface area (Å²) in [7, 11) is 0. The summed E-state index contributed by atoms with van der Waals surface area (Å²) in [5.74, 6) is -2.03. The number of carbonyl (C=O) groups excluding carboxylic acids is 2. The first-order chi connectivity index (χ1) is 10.0. The van der Waals surface area contributed by atoms with Gasteiger partial charge in [-0.1, -0.05) is 19.1 Å². The molecule has 0 bridgehead atoms. The number of benzene rings is 1. The Morgan fingerprint density at radius 1 is 1.14 bits per heavy atom. The molecule has 0 saturated carbocycles. The lowest BCUT2D eigenvalue weighted by atomic mass is 10.2. The van der Waals surface area contributed by atoms with Crippen molar-refractivity contribution in [3.63, 3.8) is 0 Å². The van der Waals surface area contributed by atoms with Crippen molar-refractivity contribution in [3.05, 3.63) is 42.0 Å². The maximum atomic E-state index is 11.4. The predicted octanol–water partition coefficient (Wildman–Crippen LogP) is 0.416. The molecule has 0 atom stereocenters. The minimum atomic E-state index is -1.25. The Hall–Kier alpha value is -2.83. The second-order valence-electron chi connectivity index (χ2n) is 4.00. The number of carboxylic acid groups (broad SMARTS) is 1. The van der Waals surface area contributed by atoms with Crippen LogP contribution in [0.3, 0.4) is 0 Å². The van der Waals surface area contributed by atoms with Crippen molar-refractivity contribution in [1.29, 1.82) is 0 Å². The zero-order valence-electron chi connectivity index (χ0n) is 11.5. The highest BCUT2D eigenvalue weighted by molar-refractivity contribution is 5.94. The maximum Gasteiger partial charge on any atom is 0.328 e. The van der Waals surface area contributed by atoms with E-state index in [1.807, 2.05) is 24.5 Å². The van der Waals surface area contributed by atoms with Gasteiger partial charge in [-0.05, 0) is 24.1 Å². The molecule has 7 nitrogen and oxygen atoms in total. The molecular formula is C14H16N2O5. The highest BCUT2D eigenvalue weighted by Crippen LogP contribution is 2.12. The Bertz CT molecular complexity index is 537. The third kappa shape index (κ3) is 6.76. The number of aliphatic carboxylic acids is 1. The molecule has 0 heterocycles. The molecule has 0 aliphatic heterocycles. The minimum Gasteiger partial charge on any atom is -0.484 e. The summed E-state index contributed by atoms with van der Waals surface area (Å²) in [6, 6.07) is 7.29. The third-order valence-electron chi connectivity index (χ3n) is 2.40. The molecule has 0 fully saturated rings. The van der Waals surface area contributed by atoms with Crippen LogP contribution < -0.4 is 15.6 Å². The van der Waals surface area contributed by atoms with E-state index in [4.69, 9.17) is 9.84 Å². The van der Waals surface area contributed by atoms with Crippen molar-refractivity contribution in [3.8, 4) is 5.75 Å². The van der Waals surface area contributed by atoms with Gasteiger partial charge in [0.2, 0.25) is 0 Å². The van der Waals surface area contributed by atoms with E-state index in [2.05, 4.69) is 5.43 Å². The van der Waals surface area contributed by atoms with E-state index in [0.29, 0.717) is 11.8 Å². The molecule has 112 valence electrons. The van der Waals surface area contributed by atoms with Crippen molar-refractivity contribution in [2.45, 2.75) is 13.3 Å². The molecule has 0 radical (unpaired) electrons. The normalized spacial score (nSPS) is 10.1. The first-order valence-electron chi connectivity index (χ1n) is 6.23. The number of rotatable bonds is 6. The Morgan fingerprint density at radius 2 is 1.81 bits per heavy atom. The lowest BCUT2D eigenvalue weighted by Crippen LogP contribution is -2.43. The number of hydrogen-bond donors (Lipinski definition) is 3. The van der Waals surface area contributed by atoms with Gasteiger partial charge in [0.25, 0.3) is 11.8 Å². The smallest absolute Gasteiger partial charge is 0.328 e. The summed E-state index contributed by atoms with van der Waals surface area (Å²) < 4.78 is 5.22. The van der Waals surface area contributed by atoms with Gasteiger partial charge in [0.15, 0.2) is 6.61 Å².